The molecule has 1 aromatic carbocycles. The summed E-state index contributed by atoms with van der Waals surface area (Å²) in [5.41, 5.74) is 2.22. The lowest BCUT2D eigenvalue weighted by molar-refractivity contribution is 0.0696. The predicted molar refractivity (Wildman–Crippen MR) is 133 cm³/mol. The fraction of sp³-hybridized carbons (Fsp3) is 0.360. The number of benzene rings is 1. The van der Waals surface area contributed by atoms with Crippen molar-refractivity contribution in [1.29, 1.82) is 0 Å². The number of aromatic carboxylic acids is 1. The highest BCUT2D eigenvalue weighted by atomic mass is 32.2. The molecule has 1 aliphatic rings. The maximum Gasteiger partial charge on any atom is 0.415 e. The van der Waals surface area contributed by atoms with E-state index < -0.39 is 5.97 Å². The Balaban J connectivity index is 1.16. The molecule has 0 aliphatic carbocycles. The molecule has 2 N–H and O–H groups in total. The van der Waals surface area contributed by atoms with Crippen molar-refractivity contribution in [3.05, 3.63) is 71.8 Å². The number of carboxylic acids is 1. The first kappa shape index (κ1) is 24.7. The first-order valence-electron chi connectivity index (χ1n) is 11.6. The molecule has 0 spiro atoms. The van der Waals surface area contributed by atoms with E-state index >= 15 is 0 Å². The second-order valence-electron chi connectivity index (χ2n) is 8.37. The van der Waals surface area contributed by atoms with Gasteiger partial charge in [-0.1, -0.05) is 23.9 Å². The molecule has 184 valence electrons. The first-order valence-corrected chi connectivity index (χ1v) is 12.5. The number of nitrogens with zero attached hydrogens (tertiary/aromatic N) is 4. The van der Waals surface area contributed by atoms with Gasteiger partial charge >= 0.3 is 12.1 Å². The lowest BCUT2D eigenvalue weighted by atomic mass is 10.1. The summed E-state index contributed by atoms with van der Waals surface area (Å²) in [4.78, 5) is 39.1. The lowest BCUT2D eigenvalue weighted by Gasteiger charge is -2.34. The van der Waals surface area contributed by atoms with Crippen LogP contribution in [0, 0.1) is 0 Å². The molecule has 3 heterocycles. The Hall–Kier alpha value is -3.37. The molecule has 4 rings (SSSR count). The number of aromatic nitrogens is 3. The standard InChI is InChI=1S/C25H29N5O4S/c1-18(35-24-26-10-11-27-24)19-5-8-22(9-6-19)34-25(33)30-15-13-29(14-16-30)12-2-3-21-7-4-20(17-28-21)23(31)32/h4-11,17-18H,2-3,12-16H2,1H3,(H,26,27)(H,31,32). The minimum atomic E-state index is -0.965. The van der Waals surface area contributed by atoms with Gasteiger partial charge in [-0.2, -0.15) is 0 Å². The number of ether oxygens (including phenoxy) is 1. The zero-order valence-corrected chi connectivity index (χ0v) is 20.4. The van der Waals surface area contributed by atoms with E-state index in [9.17, 15) is 9.59 Å². The van der Waals surface area contributed by atoms with Crippen LogP contribution in [-0.4, -0.2) is 74.6 Å². The van der Waals surface area contributed by atoms with Crippen molar-refractivity contribution in [3.63, 3.8) is 0 Å². The molecule has 1 fully saturated rings. The fourth-order valence-electron chi connectivity index (χ4n) is 3.86. The van der Waals surface area contributed by atoms with Gasteiger partial charge in [-0.05, 0) is 56.1 Å². The molecule has 0 saturated carbocycles. The highest BCUT2D eigenvalue weighted by molar-refractivity contribution is 7.99. The third-order valence-electron chi connectivity index (χ3n) is 5.93. The minimum absolute atomic E-state index is 0.200. The van der Waals surface area contributed by atoms with Crippen molar-refractivity contribution >= 4 is 23.8 Å². The van der Waals surface area contributed by atoms with Gasteiger partial charge in [0.1, 0.15) is 5.75 Å². The number of rotatable bonds is 9. The zero-order chi connectivity index (χ0) is 24.6. The zero-order valence-electron chi connectivity index (χ0n) is 19.6. The minimum Gasteiger partial charge on any atom is -0.478 e. The van der Waals surface area contributed by atoms with Gasteiger partial charge in [0.25, 0.3) is 0 Å². The number of piperazine rings is 1. The average Bonchev–Trinajstić information content (AvgIpc) is 3.38. The quantitative estimate of drug-likeness (QED) is 0.427. The molecule has 35 heavy (non-hydrogen) atoms. The van der Waals surface area contributed by atoms with Crippen molar-refractivity contribution in [2.75, 3.05) is 32.7 Å². The largest absolute Gasteiger partial charge is 0.478 e. The van der Waals surface area contributed by atoms with Crippen LogP contribution in [0.5, 0.6) is 5.75 Å². The number of amides is 1. The molecule has 0 bridgehead atoms. The molecule has 9 nitrogen and oxygen atoms in total. The molecule has 2 aromatic heterocycles. The molecule has 1 unspecified atom stereocenters. The Morgan fingerprint density at radius 3 is 2.51 bits per heavy atom. The van der Waals surface area contributed by atoms with Crippen LogP contribution in [0.15, 0.2) is 60.1 Å². The van der Waals surface area contributed by atoms with Gasteiger partial charge in [-0.3, -0.25) is 9.88 Å². The molecule has 10 heteroatoms. The topological polar surface area (TPSA) is 112 Å². The Bertz CT molecular complexity index is 1100. The van der Waals surface area contributed by atoms with E-state index in [0.29, 0.717) is 18.8 Å². The van der Waals surface area contributed by atoms with E-state index in [1.807, 2.05) is 24.3 Å². The van der Waals surface area contributed by atoms with Crippen LogP contribution in [0.2, 0.25) is 0 Å². The summed E-state index contributed by atoms with van der Waals surface area (Å²) in [6, 6.07) is 11.0. The van der Waals surface area contributed by atoms with E-state index in [4.69, 9.17) is 9.84 Å². The summed E-state index contributed by atoms with van der Waals surface area (Å²) in [5.74, 6) is -0.426. The van der Waals surface area contributed by atoms with Gasteiger partial charge in [0, 0.05) is 55.7 Å². The second kappa shape index (κ2) is 11.9. The Kier molecular flexibility index (Phi) is 8.38. The number of aryl methyl sites for hydroxylation is 1. The van der Waals surface area contributed by atoms with Crippen LogP contribution in [0.3, 0.4) is 0 Å². The van der Waals surface area contributed by atoms with E-state index in [2.05, 4.69) is 26.8 Å². The van der Waals surface area contributed by atoms with Gasteiger partial charge < -0.3 is 19.7 Å². The molecule has 0 radical (unpaired) electrons. The van der Waals surface area contributed by atoms with E-state index in [0.717, 1.165) is 48.9 Å². The number of carbonyl (C=O) groups excluding carboxylic acids is 1. The molecule has 1 atom stereocenters. The maximum atomic E-state index is 12.6. The van der Waals surface area contributed by atoms with Gasteiger partial charge in [0.2, 0.25) is 0 Å². The van der Waals surface area contributed by atoms with Gasteiger partial charge in [-0.15, -0.1) is 0 Å². The van der Waals surface area contributed by atoms with E-state index in [1.165, 1.54) is 6.20 Å². The first-order chi connectivity index (χ1) is 17.0. The number of H-pyrrole nitrogens is 1. The Morgan fingerprint density at radius 1 is 1.11 bits per heavy atom. The maximum absolute atomic E-state index is 12.6. The van der Waals surface area contributed by atoms with Crippen LogP contribution >= 0.6 is 11.8 Å². The highest BCUT2D eigenvalue weighted by Gasteiger charge is 2.22. The number of nitrogens with one attached hydrogen (secondary N) is 1. The van der Waals surface area contributed by atoms with E-state index in [1.54, 1.807) is 41.2 Å². The monoisotopic (exact) mass is 495 g/mol. The smallest absolute Gasteiger partial charge is 0.415 e. The number of aromatic amines is 1. The van der Waals surface area contributed by atoms with Crippen LogP contribution in [0.4, 0.5) is 4.79 Å². The predicted octanol–water partition coefficient (Wildman–Crippen LogP) is 4.11. The Labute approximate surface area is 208 Å². The van der Waals surface area contributed by atoms with E-state index in [-0.39, 0.29) is 16.9 Å². The van der Waals surface area contributed by atoms with Crippen LogP contribution in [0.1, 0.15) is 40.2 Å². The molecular weight excluding hydrogens is 466 g/mol. The summed E-state index contributed by atoms with van der Waals surface area (Å²) in [6.45, 7) is 5.85. The fourth-order valence-corrected chi connectivity index (χ4v) is 4.75. The summed E-state index contributed by atoms with van der Waals surface area (Å²) in [6.07, 6.45) is 6.33. The van der Waals surface area contributed by atoms with Gasteiger partial charge in [0.15, 0.2) is 5.16 Å². The molecule has 1 amide bonds. The third-order valence-corrected chi connectivity index (χ3v) is 7.00. The van der Waals surface area contributed by atoms with Crippen molar-refractivity contribution in [2.45, 2.75) is 30.2 Å². The van der Waals surface area contributed by atoms with Crippen LogP contribution < -0.4 is 4.74 Å². The third kappa shape index (κ3) is 7.06. The summed E-state index contributed by atoms with van der Waals surface area (Å²) >= 11 is 1.64. The second-order valence-corrected chi connectivity index (χ2v) is 9.70. The summed E-state index contributed by atoms with van der Waals surface area (Å²) in [7, 11) is 0. The van der Waals surface area contributed by atoms with Gasteiger partial charge in [-0.25, -0.2) is 14.6 Å². The van der Waals surface area contributed by atoms with Crippen LogP contribution in [-0.2, 0) is 6.42 Å². The number of thioether (sulfide) groups is 1. The number of carbonyl (C=O) groups is 2. The summed E-state index contributed by atoms with van der Waals surface area (Å²) in [5, 5.41) is 10.0. The van der Waals surface area contributed by atoms with Crippen molar-refractivity contribution < 1.29 is 19.4 Å². The lowest BCUT2D eigenvalue weighted by Crippen LogP contribution is -2.49. The number of hydrogen-bond donors (Lipinski definition) is 2. The number of hydrogen-bond acceptors (Lipinski definition) is 7. The van der Waals surface area contributed by atoms with Gasteiger partial charge in [0.05, 0.1) is 5.56 Å². The average molecular weight is 496 g/mol. The van der Waals surface area contributed by atoms with Crippen LogP contribution in [0.25, 0.3) is 0 Å². The van der Waals surface area contributed by atoms with Crippen molar-refractivity contribution in [3.8, 4) is 5.75 Å². The number of carboxylic acid groups (broad SMARTS) is 1. The molecule has 1 saturated heterocycles. The highest BCUT2D eigenvalue weighted by Crippen LogP contribution is 2.33. The molecular formula is C25H29N5O4S. The van der Waals surface area contributed by atoms with Crippen molar-refractivity contribution in [2.24, 2.45) is 0 Å². The summed E-state index contributed by atoms with van der Waals surface area (Å²) < 4.78 is 5.59. The molecule has 1 aliphatic heterocycles. The Morgan fingerprint density at radius 2 is 1.89 bits per heavy atom. The SMILES string of the molecule is CC(Sc1ncc[nH]1)c1ccc(OC(=O)N2CCN(CCCc3ccc(C(=O)O)cn3)CC2)cc1. The molecule has 3 aromatic rings. The normalized spacial score (nSPS) is 15.1. The van der Waals surface area contributed by atoms with Crippen molar-refractivity contribution in [1.82, 2.24) is 24.8 Å². The number of pyridine rings is 1. The number of imidazole rings is 1.